The fraction of sp³-hybridized carbons (Fsp3) is 0.571. The lowest BCUT2D eigenvalue weighted by Crippen LogP contribution is -2.16. The van der Waals surface area contributed by atoms with Crippen LogP contribution in [0.5, 0.6) is 0 Å². The van der Waals surface area contributed by atoms with Crippen molar-refractivity contribution in [2.24, 2.45) is 5.73 Å². The van der Waals surface area contributed by atoms with Gasteiger partial charge in [0.15, 0.2) is 0 Å². The molecule has 1 aromatic heterocycles. The van der Waals surface area contributed by atoms with Crippen LogP contribution in [-0.4, -0.2) is 9.36 Å². The first-order chi connectivity index (χ1) is 5.33. The lowest BCUT2D eigenvalue weighted by molar-refractivity contribution is 0.571. The highest BCUT2D eigenvalue weighted by Crippen LogP contribution is 2.06. The second kappa shape index (κ2) is 2.23. The van der Waals surface area contributed by atoms with Crippen LogP contribution in [-0.2, 0) is 19.6 Å². The monoisotopic (exact) mass is 153 g/mol. The van der Waals surface area contributed by atoms with Crippen molar-refractivity contribution < 1.29 is 0 Å². The van der Waals surface area contributed by atoms with Crippen LogP contribution >= 0.6 is 0 Å². The van der Waals surface area contributed by atoms with Crippen molar-refractivity contribution in [2.75, 3.05) is 0 Å². The minimum absolute atomic E-state index is 0.0861. The Morgan fingerprint density at radius 2 is 2.18 bits per heavy atom. The fourth-order valence-corrected chi connectivity index (χ4v) is 1.60. The number of fused-ring (bicyclic) bond motifs is 1. The van der Waals surface area contributed by atoms with E-state index < -0.39 is 0 Å². The summed E-state index contributed by atoms with van der Waals surface area (Å²) < 4.78 is 3.73. The van der Waals surface area contributed by atoms with E-state index in [2.05, 4.69) is 0 Å². The maximum absolute atomic E-state index is 11.2. The molecule has 2 rings (SSSR count). The lowest BCUT2D eigenvalue weighted by atomic mass is 10.4. The van der Waals surface area contributed by atoms with E-state index in [9.17, 15) is 4.79 Å². The Hall–Kier alpha value is -1.03. The molecule has 0 fully saturated rings. The van der Waals surface area contributed by atoms with Gasteiger partial charge in [-0.15, -0.1) is 0 Å². The van der Waals surface area contributed by atoms with E-state index in [1.807, 2.05) is 4.68 Å². The van der Waals surface area contributed by atoms with Gasteiger partial charge in [-0.3, -0.25) is 14.2 Å². The predicted octanol–water partition coefficient (Wildman–Crippen LogP) is -0.488. The molecule has 1 aliphatic rings. The van der Waals surface area contributed by atoms with Crippen LogP contribution in [0, 0.1) is 0 Å². The summed E-state index contributed by atoms with van der Waals surface area (Å²) >= 11 is 0. The van der Waals surface area contributed by atoms with Gasteiger partial charge in [-0.1, -0.05) is 0 Å². The third kappa shape index (κ3) is 0.826. The van der Waals surface area contributed by atoms with Crippen molar-refractivity contribution in [1.29, 1.82) is 0 Å². The van der Waals surface area contributed by atoms with Crippen molar-refractivity contribution in [1.82, 2.24) is 9.36 Å². The highest BCUT2D eigenvalue weighted by atomic mass is 16.1. The van der Waals surface area contributed by atoms with Crippen LogP contribution in [0.1, 0.15) is 12.1 Å². The summed E-state index contributed by atoms with van der Waals surface area (Å²) in [4.78, 5) is 11.2. The third-order valence-corrected chi connectivity index (χ3v) is 2.12. The third-order valence-electron chi connectivity index (χ3n) is 2.12. The van der Waals surface area contributed by atoms with Gasteiger partial charge in [0, 0.05) is 25.7 Å². The molecule has 1 aliphatic heterocycles. The molecule has 2 heterocycles. The van der Waals surface area contributed by atoms with Crippen LogP contribution in [0.15, 0.2) is 10.9 Å². The molecule has 0 amide bonds. The summed E-state index contributed by atoms with van der Waals surface area (Å²) in [6, 6.07) is 1.62. The average molecular weight is 153 g/mol. The van der Waals surface area contributed by atoms with Gasteiger partial charge in [0.2, 0.25) is 0 Å². The number of aromatic nitrogens is 2. The lowest BCUT2D eigenvalue weighted by Gasteiger charge is -2.01. The topological polar surface area (TPSA) is 53.0 Å². The van der Waals surface area contributed by atoms with E-state index in [0.717, 1.165) is 25.2 Å². The van der Waals surface area contributed by atoms with Crippen molar-refractivity contribution >= 4 is 0 Å². The molecule has 0 saturated heterocycles. The summed E-state index contributed by atoms with van der Waals surface area (Å²) in [5.74, 6) is 0. The van der Waals surface area contributed by atoms with Crippen LogP contribution < -0.4 is 11.3 Å². The number of nitrogens with two attached hydrogens (primary N) is 1. The largest absolute Gasteiger partial charge is 0.325 e. The van der Waals surface area contributed by atoms with Gasteiger partial charge < -0.3 is 5.73 Å². The molecular weight excluding hydrogens is 142 g/mol. The first kappa shape index (κ1) is 6.67. The second-order valence-corrected chi connectivity index (χ2v) is 2.78. The van der Waals surface area contributed by atoms with Gasteiger partial charge >= 0.3 is 0 Å². The van der Waals surface area contributed by atoms with Crippen molar-refractivity contribution in [2.45, 2.75) is 26.1 Å². The van der Waals surface area contributed by atoms with Gasteiger partial charge in [-0.2, -0.15) is 0 Å². The van der Waals surface area contributed by atoms with E-state index in [-0.39, 0.29) is 5.56 Å². The van der Waals surface area contributed by atoms with Gasteiger partial charge in [0.05, 0.1) is 5.69 Å². The molecule has 60 valence electrons. The smallest absolute Gasteiger partial charge is 0.266 e. The minimum Gasteiger partial charge on any atom is -0.325 e. The summed E-state index contributed by atoms with van der Waals surface area (Å²) in [6.07, 6.45) is 1.06. The quantitative estimate of drug-likeness (QED) is 0.592. The Kier molecular flexibility index (Phi) is 1.35. The molecule has 0 aliphatic carbocycles. The molecule has 2 N–H and O–H groups in total. The molecule has 0 spiro atoms. The Morgan fingerprint density at radius 1 is 1.45 bits per heavy atom. The average Bonchev–Trinajstić information content (AvgIpc) is 2.54. The standard InChI is InChI=1S/C7H11N3O/c8-5-6-4-7(11)10-3-1-2-9(6)10/h4H,1-3,5,8H2. The first-order valence-corrected chi connectivity index (χ1v) is 3.82. The van der Waals surface area contributed by atoms with E-state index in [4.69, 9.17) is 5.73 Å². The Balaban J connectivity index is 2.61. The normalized spacial score (nSPS) is 15.4. The van der Waals surface area contributed by atoms with E-state index >= 15 is 0 Å². The molecule has 0 radical (unpaired) electrons. The van der Waals surface area contributed by atoms with E-state index in [1.165, 1.54) is 0 Å². The molecule has 11 heavy (non-hydrogen) atoms. The van der Waals surface area contributed by atoms with E-state index in [1.54, 1.807) is 10.7 Å². The number of nitrogens with zero attached hydrogens (tertiary/aromatic N) is 2. The van der Waals surface area contributed by atoms with Crippen molar-refractivity contribution in [3.63, 3.8) is 0 Å². The zero-order valence-electron chi connectivity index (χ0n) is 6.29. The Morgan fingerprint density at radius 3 is 2.91 bits per heavy atom. The zero-order valence-corrected chi connectivity index (χ0v) is 6.29. The fourth-order valence-electron chi connectivity index (χ4n) is 1.60. The first-order valence-electron chi connectivity index (χ1n) is 3.82. The Bertz CT molecular complexity index is 323. The SMILES string of the molecule is NCc1cc(=O)n2n1CCC2. The molecule has 0 bridgehead atoms. The second-order valence-electron chi connectivity index (χ2n) is 2.78. The predicted molar refractivity (Wildman–Crippen MR) is 41.2 cm³/mol. The summed E-state index contributed by atoms with van der Waals surface area (Å²) in [6.45, 7) is 2.25. The van der Waals surface area contributed by atoms with Crippen LogP contribution in [0.25, 0.3) is 0 Å². The molecular formula is C7H11N3O. The van der Waals surface area contributed by atoms with Crippen LogP contribution in [0.4, 0.5) is 0 Å². The molecule has 4 nitrogen and oxygen atoms in total. The highest BCUT2D eigenvalue weighted by molar-refractivity contribution is 5.03. The van der Waals surface area contributed by atoms with E-state index in [0.29, 0.717) is 6.54 Å². The molecule has 4 heteroatoms. The van der Waals surface area contributed by atoms with Crippen LogP contribution in [0.3, 0.4) is 0 Å². The molecule has 0 aromatic carbocycles. The summed E-state index contributed by atoms with van der Waals surface area (Å²) in [5, 5.41) is 0. The molecule has 0 unspecified atom stereocenters. The van der Waals surface area contributed by atoms with Gasteiger partial charge in [0.25, 0.3) is 5.56 Å². The van der Waals surface area contributed by atoms with Crippen LogP contribution in [0.2, 0.25) is 0 Å². The van der Waals surface area contributed by atoms with Gasteiger partial charge in [0.1, 0.15) is 0 Å². The molecule has 0 saturated carbocycles. The maximum atomic E-state index is 11.2. The number of rotatable bonds is 1. The number of hydrogen-bond donors (Lipinski definition) is 1. The Labute approximate surface area is 64.2 Å². The number of hydrogen-bond acceptors (Lipinski definition) is 2. The zero-order chi connectivity index (χ0) is 7.84. The van der Waals surface area contributed by atoms with Crippen molar-refractivity contribution in [3.05, 3.63) is 22.1 Å². The summed E-state index contributed by atoms with van der Waals surface area (Å²) in [5.41, 5.74) is 6.50. The maximum Gasteiger partial charge on any atom is 0.266 e. The summed E-state index contributed by atoms with van der Waals surface area (Å²) in [7, 11) is 0. The minimum atomic E-state index is 0.0861. The molecule has 1 aromatic rings. The van der Waals surface area contributed by atoms with Gasteiger partial charge in [-0.25, -0.2) is 0 Å². The highest BCUT2D eigenvalue weighted by Gasteiger charge is 2.14. The molecule has 0 atom stereocenters. The van der Waals surface area contributed by atoms with Gasteiger partial charge in [-0.05, 0) is 6.42 Å². The van der Waals surface area contributed by atoms with Crippen molar-refractivity contribution in [3.8, 4) is 0 Å².